The van der Waals surface area contributed by atoms with Crippen molar-refractivity contribution in [2.45, 2.75) is 19.8 Å². The number of aromatic nitrogens is 2. The summed E-state index contributed by atoms with van der Waals surface area (Å²) in [4.78, 5) is 0. The van der Waals surface area contributed by atoms with Crippen LogP contribution in [0, 0.1) is 0 Å². The molecule has 0 saturated heterocycles. The fourth-order valence-electron chi connectivity index (χ4n) is 2.00. The number of halogens is 1. The van der Waals surface area contributed by atoms with E-state index in [4.69, 9.17) is 10.5 Å². The first-order chi connectivity index (χ1) is 8.54. The molecule has 0 unspecified atom stereocenters. The van der Waals surface area contributed by atoms with Gasteiger partial charge in [-0.1, -0.05) is 29.8 Å². The number of nitrogens with one attached hydrogen (secondary N) is 1. The maximum Gasteiger partial charge on any atom is 0.126 e. The van der Waals surface area contributed by atoms with E-state index < -0.39 is 0 Å². The molecule has 0 bridgehead atoms. The lowest BCUT2D eigenvalue weighted by atomic mass is 9.98. The Labute approximate surface area is 115 Å². The average molecular weight is 310 g/mol. The van der Waals surface area contributed by atoms with E-state index >= 15 is 0 Å². The van der Waals surface area contributed by atoms with Crippen molar-refractivity contribution >= 4 is 21.7 Å². The minimum Gasteiger partial charge on any atom is -0.496 e. The lowest BCUT2D eigenvalue weighted by Gasteiger charge is -2.15. The molecule has 0 aliphatic heterocycles. The first-order valence-electron chi connectivity index (χ1n) is 5.71. The zero-order valence-electron chi connectivity index (χ0n) is 10.6. The van der Waals surface area contributed by atoms with Crippen molar-refractivity contribution in [3.05, 3.63) is 28.4 Å². The third-order valence-electron chi connectivity index (χ3n) is 2.87. The van der Waals surface area contributed by atoms with Crippen molar-refractivity contribution in [1.82, 2.24) is 10.2 Å². The van der Waals surface area contributed by atoms with E-state index in [2.05, 4.69) is 40.0 Å². The average Bonchev–Trinajstić information content (AvgIpc) is 2.73. The maximum atomic E-state index is 5.84. The fraction of sp³-hybridized carbons (Fsp3) is 0.308. The molecule has 5 heteroatoms. The molecule has 2 rings (SSSR count). The predicted octanol–water partition coefficient (Wildman–Crippen LogP) is 3.55. The molecule has 18 heavy (non-hydrogen) atoms. The lowest BCUT2D eigenvalue weighted by Crippen LogP contribution is -1.97. The summed E-state index contributed by atoms with van der Waals surface area (Å²) in [6.45, 7) is 4.27. The molecule has 0 amide bonds. The zero-order chi connectivity index (χ0) is 13.3. The first kappa shape index (κ1) is 13.0. The highest BCUT2D eigenvalue weighted by molar-refractivity contribution is 9.10. The molecular formula is C13H16BrN3O. The van der Waals surface area contributed by atoms with E-state index in [1.807, 2.05) is 12.1 Å². The molecular weight excluding hydrogens is 294 g/mol. The van der Waals surface area contributed by atoms with Crippen molar-refractivity contribution in [2.75, 3.05) is 12.8 Å². The molecule has 0 atom stereocenters. The van der Waals surface area contributed by atoms with Crippen molar-refractivity contribution in [2.24, 2.45) is 0 Å². The van der Waals surface area contributed by atoms with E-state index in [1.54, 1.807) is 13.3 Å². The van der Waals surface area contributed by atoms with Crippen LogP contribution in [0.15, 0.2) is 22.8 Å². The van der Waals surface area contributed by atoms with Crippen LogP contribution >= 0.6 is 15.9 Å². The van der Waals surface area contributed by atoms with Gasteiger partial charge in [-0.25, -0.2) is 0 Å². The second kappa shape index (κ2) is 5.02. The van der Waals surface area contributed by atoms with E-state index in [0.29, 0.717) is 11.7 Å². The summed E-state index contributed by atoms with van der Waals surface area (Å²) >= 11 is 3.60. The van der Waals surface area contributed by atoms with Gasteiger partial charge in [-0.3, -0.25) is 5.10 Å². The van der Waals surface area contributed by atoms with Crippen LogP contribution in [-0.4, -0.2) is 17.3 Å². The van der Waals surface area contributed by atoms with Gasteiger partial charge in [0.05, 0.1) is 13.3 Å². The standard InChI is InChI=1S/C13H16BrN3O/c1-7(2)12-10(14)4-8(5-11(12)18-3)9-6-16-17-13(9)15/h4-7H,1-3H3,(H3,15,16,17). The third kappa shape index (κ3) is 2.22. The summed E-state index contributed by atoms with van der Waals surface area (Å²) < 4.78 is 6.49. The van der Waals surface area contributed by atoms with E-state index in [1.165, 1.54) is 0 Å². The first-order valence-corrected chi connectivity index (χ1v) is 6.50. The number of rotatable bonds is 3. The Balaban J connectivity index is 2.60. The predicted molar refractivity (Wildman–Crippen MR) is 76.8 cm³/mol. The van der Waals surface area contributed by atoms with Crippen LogP contribution in [0.2, 0.25) is 0 Å². The molecule has 0 aliphatic carbocycles. The molecule has 2 aromatic rings. The van der Waals surface area contributed by atoms with Crippen molar-refractivity contribution in [3.8, 4) is 16.9 Å². The van der Waals surface area contributed by atoms with Crippen LogP contribution in [0.5, 0.6) is 5.75 Å². The zero-order valence-corrected chi connectivity index (χ0v) is 12.2. The summed E-state index contributed by atoms with van der Waals surface area (Å²) in [5, 5.41) is 6.67. The van der Waals surface area contributed by atoms with Gasteiger partial charge in [0.1, 0.15) is 11.6 Å². The molecule has 1 aromatic carbocycles. The van der Waals surface area contributed by atoms with Crippen LogP contribution in [0.4, 0.5) is 5.82 Å². The molecule has 0 radical (unpaired) electrons. The summed E-state index contributed by atoms with van der Waals surface area (Å²) in [5.41, 5.74) is 8.85. The summed E-state index contributed by atoms with van der Waals surface area (Å²) in [6, 6.07) is 4.03. The van der Waals surface area contributed by atoms with Gasteiger partial charge in [-0.15, -0.1) is 0 Å². The quantitative estimate of drug-likeness (QED) is 0.911. The molecule has 1 heterocycles. The van der Waals surface area contributed by atoms with Crippen molar-refractivity contribution in [3.63, 3.8) is 0 Å². The van der Waals surface area contributed by atoms with Gasteiger partial charge < -0.3 is 10.5 Å². The van der Waals surface area contributed by atoms with E-state index in [0.717, 1.165) is 26.9 Å². The molecule has 96 valence electrons. The highest BCUT2D eigenvalue weighted by Gasteiger charge is 2.15. The normalized spacial score (nSPS) is 10.9. The van der Waals surface area contributed by atoms with Crippen LogP contribution in [-0.2, 0) is 0 Å². The Kier molecular flexibility index (Phi) is 3.61. The van der Waals surface area contributed by atoms with Gasteiger partial charge >= 0.3 is 0 Å². The Morgan fingerprint density at radius 3 is 2.61 bits per heavy atom. The number of nitrogens with zero attached hydrogens (tertiary/aromatic N) is 1. The smallest absolute Gasteiger partial charge is 0.126 e. The molecule has 0 saturated carbocycles. The monoisotopic (exact) mass is 309 g/mol. The highest BCUT2D eigenvalue weighted by atomic mass is 79.9. The van der Waals surface area contributed by atoms with Crippen LogP contribution in [0.1, 0.15) is 25.3 Å². The number of nitrogens with two attached hydrogens (primary N) is 1. The number of methoxy groups -OCH3 is 1. The number of benzene rings is 1. The number of hydrogen-bond acceptors (Lipinski definition) is 3. The van der Waals surface area contributed by atoms with E-state index in [-0.39, 0.29) is 0 Å². The summed E-state index contributed by atoms with van der Waals surface area (Å²) in [5.74, 6) is 1.79. The Morgan fingerprint density at radius 2 is 2.11 bits per heavy atom. The second-order valence-corrected chi connectivity index (χ2v) is 5.28. The SMILES string of the molecule is COc1cc(-c2cn[nH]c2N)cc(Br)c1C(C)C. The van der Waals surface area contributed by atoms with Crippen molar-refractivity contribution in [1.29, 1.82) is 0 Å². The minimum atomic E-state index is 0.380. The molecule has 0 fully saturated rings. The van der Waals surface area contributed by atoms with Crippen LogP contribution in [0.3, 0.4) is 0 Å². The molecule has 4 nitrogen and oxygen atoms in total. The van der Waals surface area contributed by atoms with Gasteiger partial charge in [0.25, 0.3) is 0 Å². The Bertz CT molecular complexity index is 563. The molecule has 1 aromatic heterocycles. The van der Waals surface area contributed by atoms with Crippen LogP contribution in [0.25, 0.3) is 11.1 Å². The Morgan fingerprint density at radius 1 is 1.39 bits per heavy atom. The van der Waals surface area contributed by atoms with Gasteiger partial charge in [0.15, 0.2) is 0 Å². The number of aromatic amines is 1. The maximum absolute atomic E-state index is 5.84. The fourth-order valence-corrected chi connectivity index (χ4v) is 2.90. The van der Waals surface area contributed by atoms with Crippen molar-refractivity contribution < 1.29 is 4.74 Å². The number of ether oxygens (including phenoxy) is 1. The highest BCUT2D eigenvalue weighted by Crippen LogP contribution is 2.38. The van der Waals surface area contributed by atoms with Gasteiger partial charge in [0, 0.05) is 15.6 Å². The van der Waals surface area contributed by atoms with Gasteiger partial charge in [-0.2, -0.15) is 5.10 Å². The minimum absolute atomic E-state index is 0.380. The van der Waals surface area contributed by atoms with Crippen LogP contribution < -0.4 is 10.5 Å². The molecule has 3 N–H and O–H groups in total. The van der Waals surface area contributed by atoms with Gasteiger partial charge in [-0.05, 0) is 23.6 Å². The largest absolute Gasteiger partial charge is 0.496 e. The number of hydrogen-bond donors (Lipinski definition) is 2. The molecule has 0 aliphatic rings. The summed E-state index contributed by atoms with van der Waals surface area (Å²) in [7, 11) is 1.68. The second-order valence-electron chi connectivity index (χ2n) is 4.43. The lowest BCUT2D eigenvalue weighted by molar-refractivity contribution is 0.407. The number of nitrogen functional groups attached to an aromatic ring is 1. The Hall–Kier alpha value is -1.49. The number of anilines is 1. The molecule has 0 spiro atoms. The van der Waals surface area contributed by atoms with E-state index in [9.17, 15) is 0 Å². The topological polar surface area (TPSA) is 63.9 Å². The third-order valence-corrected chi connectivity index (χ3v) is 3.52. The van der Waals surface area contributed by atoms with Gasteiger partial charge in [0.2, 0.25) is 0 Å². The number of H-pyrrole nitrogens is 1. The summed E-state index contributed by atoms with van der Waals surface area (Å²) in [6.07, 6.45) is 1.71.